The van der Waals surface area contributed by atoms with Gasteiger partial charge in [-0.2, -0.15) is 0 Å². The van der Waals surface area contributed by atoms with Gasteiger partial charge in [0, 0.05) is 12.7 Å². The molecule has 1 aromatic heterocycles. The van der Waals surface area contributed by atoms with Crippen LogP contribution in [0, 0.1) is 0 Å². The summed E-state index contributed by atoms with van der Waals surface area (Å²) < 4.78 is 24.4. The van der Waals surface area contributed by atoms with Gasteiger partial charge in [-0.25, -0.2) is 13.8 Å². The van der Waals surface area contributed by atoms with E-state index in [4.69, 9.17) is 17.3 Å². The van der Waals surface area contributed by atoms with Crippen LogP contribution in [0.4, 0.5) is 8.78 Å². The topological polar surface area (TPSA) is 38.9 Å². The van der Waals surface area contributed by atoms with Crippen molar-refractivity contribution in [3.05, 3.63) is 28.5 Å². The molecule has 0 unspecified atom stereocenters. The highest BCUT2D eigenvalue weighted by Gasteiger charge is 2.12. The lowest BCUT2D eigenvalue weighted by molar-refractivity contribution is 0.151. The van der Waals surface area contributed by atoms with Crippen LogP contribution in [0.2, 0.25) is 5.15 Å². The number of hydrogen-bond acceptors (Lipinski definition) is 2. The highest BCUT2D eigenvalue weighted by atomic mass is 35.5. The molecule has 1 rings (SSSR count). The predicted molar refractivity (Wildman–Crippen MR) is 42.1 cm³/mol. The molecule has 66 valence electrons. The Kier molecular flexibility index (Phi) is 2.94. The van der Waals surface area contributed by atoms with Crippen LogP contribution >= 0.6 is 11.6 Å². The molecule has 0 spiro atoms. The van der Waals surface area contributed by atoms with Crippen LogP contribution in [0.15, 0.2) is 12.3 Å². The van der Waals surface area contributed by atoms with E-state index in [-0.39, 0.29) is 17.3 Å². The monoisotopic (exact) mass is 192 g/mol. The van der Waals surface area contributed by atoms with Crippen molar-refractivity contribution in [3.8, 4) is 0 Å². The molecule has 0 aliphatic rings. The molecule has 0 aliphatic heterocycles. The summed E-state index contributed by atoms with van der Waals surface area (Å²) in [6.07, 6.45) is -1.22. The molecule has 0 fully saturated rings. The van der Waals surface area contributed by atoms with E-state index in [0.717, 1.165) is 0 Å². The number of nitrogens with two attached hydrogens (primary N) is 1. The molecule has 2 nitrogen and oxygen atoms in total. The third-order valence-electron chi connectivity index (χ3n) is 1.39. The van der Waals surface area contributed by atoms with Crippen molar-refractivity contribution in [2.24, 2.45) is 5.73 Å². The van der Waals surface area contributed by atoms with E-state index < -0.39 is 6.43 Å². The Balaban J connectivity index is 3.08. The van der Waals surface area contributed by atoms with Crippen molar-refractivity contribution in [1.29, 1.82) is 0 Å². The van der Waals surface area contributed by atoms with Crippen LogP contribution in [0.1, 0.15) is 17.6 Å². The second kappa shape index (κ2) is 3.78. The van der Waals surface area contributed by atoms with Gasteiger partial charge in [-0.15, -0.1) is 0 Å². The number of rotatable bonds is 2. The Hall–Kier alpha value is -0.740. The van der Waals surface area contributed by atoms with Gasteiger partial charge in [-0.05, 0) is 11.6 Å². The number of hydrogen-bond donors (Lipinski definition) is 1. The van der Waals surface area contributed by atoms with E-state index >= 15 is 0 Å². The SMILES string of the molecule is NCc1cnc(Cl)c(C(F)F)c1. The lowest BCUT2D eigenvalue weighted by Gasteiger charge is -2.03. The highest BCUT2D eigenvalue weighted by Crippen LogP contribution is 2.25. The normalized spacial score (nSPS) is 10.8. The quantitative estimate of drug-likeness (QED) is 0.730. The van der Waals surface area contributed by atoms with Crippen molar-refractivity contribution in [2.45, 2.75) is 13.0 Å². The first-order valence-corrected chi connectivity index (χ1v) is 3.65. The van der Waals surface area contributed by atoms with Crippen LogP contribution in [-0.4, -0.2) is 4.98 Å². The van der Waals surface area contributed by atoms with Crippen molar-refractivity contribution in [3.63, 3.8) is 0 Å². The molecule has 0 aliphatic carbocycles. The molecule has 0 amide bonds. The Morgan fingerprint density at radius 3 is 2.75 bits per heavy atom. The zero-order valence-corrected chi connectivity index (χ0v) is 6.85. The van der Waals surface area contributed by atoms with Crippen molar-refractivity contribution >= 4 is 11.6 Å². The molecule has 5 heteroatoms. The third-order valence-corrected chi connectivity index (χ3v) is 1.71. The van der Waals surface area contributed by atoms with Gasteiger partial charge in [-0.3, -0.25) is 0 Å². The van der Waals surface area contributed by atoms with Crippen LogP contribution in [-0.2, 0) is 6.54 Å². The number of aromatic nitrogens is 1. The molecule has 0 radical (unpaired) electrons. The predicted octanol–water partition coefficient (Wildman–Crippen LogP) is 2.13. The maximum atomic E-state index is 12.2. The third kappa shape index (κ3) is 1.89. The summed E-state index contributed by atoms with van der Waals surface area (Å²) in [7, 11) is 0. The van der Waals surface area contributed by atoms with E-state index in [1.165, 1.54) is 12.3 Å². The van der Waals surface area contributed by atoms with E-state index in [1.54, 1.807) is 0 Å². The summed E-state index contributed by atoms with van der Waals surface area (Å²) in [6.45, 7) is 0.184. The standard InChI is InChI=1S/C7H7ClF2N2/c8-6-5(7(9)10)1-4(2-11)3-12-6/h1,3,7H,2,11H2. The lowest BCUT2D eigenvalue weighted by atomic mass is 10.2. The first-order valence-electron chi connectivity index (χ1n) is 3.27. The molecular weight excluding hydrogens is 186 g/mol. The summed E-state index contributed by atoms with van der Waals surface area (Å²) in [5.74, 6) is 0. The van der Waals surface area contributed by atoms with Gasteiger partial charge in [0.05, 0.1) is 5.56 Å². The van der Waals surface area contributed by atoms with Gasteiger partial charge in [-0.1, -0.05) is 11.6 Å². The van der Waals surface area contributed by atoms with E-state index in [0.29, 0.717) is 5.56 Å². The number of pyridine rings is 1. The van der Waals surface area contributed by atoms with Gasteiger partial charge in [0.25, 0.3) is 6.43 Å². The van der Waals surface area contributed by atoms with Gasteiger partial charge in [0.2, 0.25) is 0 Å². The summed E-state index contributed by atoms with van der Waals surface area (Å²) in [5.41, 5.74) is 5.53. The zero-order valence-electron chi connectivity index (χ0n) is 6.10. The summed E-state index contributed by atoms with van der Waals surface area (Å²) in [6, 6.07) is 1.26. The van der Waals surface area contributed by atoms with E-state index in [9.17, 15) is 8.78 Å². The van der Waals surface area contributed by atoms with Crippen molar-refractivity contribution in [2.75, 3.05) is 0 Å². The largest absolute Gasteiger partial charge is 0.326 e. The van der Waals surface area contributed by atoms with Gasteiger partial charge < -0.3 is 5.73 Å². The minimum absolute atomic E-state index is 0.165. The van der Waals surface area contributed by atoms with Crippen molar-refractivity contribution in [1.82, 2.24) is 4.98 Å². The number of alkyl halides is 2. The Morgan fingerprint density at radius 1 is 1.58 bits per heavy atom. The molecule has 12 heavy (non-hydrogen) atoms. The number of halogens is 3. The maximum absolute atomic E-state index is 12.2. The average Bonchev–Trinajstić information content (AvgIpc) is 2.05. The van der Waals surface area contributed by atoms with Crippen LogP contribution in [0.25, 0.3) is 0 Å². The maximum Gasteiger partial charge on any atom is 0.266 e. The van der Waals surface area contributed by atoms with E-state index in [2.05, 4.69) is 4.98 Å². The smallest absolute Gasteiger partial charge is 0.266 e. The first kappa shape index (κ1) is 9.35. The zero-order chi connectivity index (χ0) is 9.14. The fourth-order valence-corrected chi connectivity index (χ4v) is 0.961. The molecule has 0 bridgehead atoms. The highest BCUT2D eigenvalue weighted by molar-refractivity contribution is 6.30. The Bertz CT molecular complexity index is 278. The molecule has 2 N–H and O–H groups in total. The molecule has 1 heterocycles. The Morgan fingerprint density at radius 2 is 2.25 bits per heavy atom. The van der Waals surface area contributed by atoms with Gasteiger partial charge >= 0.3 is 0 Å². The molecular formula is C7H7ClF2N2. The minimum Gasteiger partial charge on any atom is -0.326 e. The van der Waals surface area contributed by atoms with Crippen LogP contribution < -0.4 is 5.73 Å². The summed E-state index contributed by atoms with van der Waals surface area (Å²) in [5, 5.41) is -0.165. The first-order chi connectivity index (χ1) is 5.65. The van der Waals surface area contributed by atoms with E-state index in [1.807, 2.05) is 0 Å². The Labute approximate surface area is 73.4 Å². The second-order valence-corrected chi connectivity index (χ2v) is 2.59. The molecule has 0 aromatic carbocycles. The van der Waals surface area contributed by atoms with Crippen LogP contribution in [0.3, 0.4) is 0 Å². The lowest BCUT2D eigenvalue weighted by Crippen LogP contribution is -1.99. The molecule has 0 atom stereocenters. The molecule has 0 saturated carbocycles. The van der Waals surface area contributed by atoms with Crippen molar-refractivity contribution < 1.29 is 8.78 Å². The second-order valence-electron chi connectivity index (χ2n) is 2.23. The fourth-order valence-electron chi connectivity index (χ4n) is 0.775. The summed E-state index contributed by atoms with van der Waals surface area (Å²) in [4.78, 5) is 3.58. The van der Waals surface area contributed by atoms with Crippen LogP contribution in [0.5, 0.6) is 0 Å². The fraction of sp³-hybridized carbons (Fsp3) is 0.286. The van der Waals surface area contributed by atoms with Gasteiger partial charge in [0.1, 0.15) is 5.15 Å². The molecule has 1 aromatic rings. The average molecular weight is 193 g/mol. The minimum atomic E-state index is -2.60. The summed E-state index contributed by atoms with van der Waals surface area (Å²) >= 11 is 5.42. The molecule has 0 saturated heterocycles. The van der Waals surface area contributed by atoms with Gasteiger partial charge in [0.15, 0.2) is 0 Å². The number of nitrogens with zero attached hydrogens (tertiary/aromatic N) is 1.